The van der Waals surface area contributed by atoms with Gasteiger partial charge in [-0.25, -0.2) is 13.1 Å². The lowest BCUT2D eigenvalue weighted by atomic mass is 10.1. The molecule has 0 saturated heterocycles. The number of anilines is 1. The van der Waals surface area contributed by atoms with Crippen molar-refractivity contribution in [3.8, 4) is 0 Å². The van der Waals surface area contributed by atoms with E-state index in [1.165, 1.54) is 4.88 Å². The van der Waals surface area contributed by atoms with Crippen LogP contribution in [-0.4, -0.2) is 33.3 Å². The van der Waals surface area contributed by atoms with Gasteiger partial charge in [0.25, 0.3) is 5.91 Å². The van der Waals surface area contributed by atoms with E-state index in [1.54, 1.807) is 54.7 Å². The van der Waals surface area contributed by atoms with E-state index >= 15 is 0 Å². The highest BCUT2D eigenvalue weighted by Crippen LogP contribution is 2.17. The first-order chi connectivity index (χ1) is 16.2. The van der Waals surface area contributed by atoms with Gasteiger partial charge in [0.15, 0.2) is 0 Å². The summed E-state index contributed by atoms with van der Waals surface area (Å²) in [6.07, 6.45) is 2.01. The van der Waals surface area contributed by atoms with Gasteiger partial charge < -0.3 is 10.6 Å². The highest BCUT2D eigenvalue weighted by molar-refractivity contribution is 7.89. The summed E-state index contributed by atoms with van der Waals surface area (Å²) < 4.78 is 27.6. The standard InChI is InChI=1S/C25H29N3O4S2/c1-18-11-12-19(2)23(16-18)34(31,32)27-14-13-26-25(30)20-6-3-7-21(17-20)28-24(29)10-4-8-22-9-5-15-33-22/h3,5-7,9,11-12,15-17,27H,4,8,10,13-14H2,1-2H3,(H,26,30)(H,28,29). The minimum absolute atomic E-state index is 0.0577. The first-order valence-corrected chi connectivity index (χ1v) is 13.4. The maximum absolute atomic E-state index is 12.5. The van der Waals surface area contributed by atoms with Crippen LogP contribution in [0.25, 0.3) is 0 Å². The Labute approximate surface area is 204 Å². The molecule has 0 spiro atoms. The molecule has 1 heterocycles. The number of hydrogen-bond donors (Lipinski definition) is 3. The van der Waals surface area contributed by atoms with Crippen molar-refractivity contribution in [3.05, 3.63) is 81.5 Å². The number of carbonyl (C=O) groups excluding carboxylic acids is 2. The smallest absolute Gasteiger partial charge is 0.251 e. The van der Waals surface area contributed by atoms with Gasteiger partial charge in [-0.15, -0.1) is 11.3 Å². The fourth-order valence-corrected chi connectivity index (χ4v) is 5.49. The second-order valence-electron chi connectivity index (χ2n) is 7.98. The molecule has 0 atom stereocenters. The third-order valence-electron chi connectivity index (χ3n) is 5.15. The van der Waals surface area contributed by atoms with Crippen molar-refractivity contribution in [2.75, 3.05) is 18.4 Å². The van der Waals surface area contributed by atoms with E-state index < -0.39 is 10.0 Å². The van der Waals surface area contributed by atoms with Crippen molar-refractivity contribution < 1.29 is 18.0 Å². The normalized spacial score (nSPS) is 11.2. The molecule has 3 N–H and O–H groups in total. The molecule has 34 heavy (non-hydrogen) atoms. The van der Waals surface area contributed by atoms with Crippen LogP contribution in [0.4, 0.5) is 5.69 Å². The molecule has 0 bridgehead atoms. The molecule has 3 aromatic rings. The number of hydrogen-bond acceptors (Lipinski definition) is 5. The van der Waals surface area contributed by atoms with Crippen LogP contribution in [0.15, 0.2) is 64.9 Å². The van der Waals surface area contributed by atoms with E-state index in [2.05, 4.69) is 21.4 Å². The van der Waals surface area contributed by atoms with Crippen LogP contribution in [0.1, 0.15) is 39.2 Å². The van der Waals surface area contributed by atoms with E-state index in [0.29, 0.717) is 23.2 Å². The van der Waals surface area contributed by atoms with Gasteiger partial charge in [0.2, 0.25) is 15.9 Å². The van der Waals surface area contributed by atoms with Crippen LogP contribution in [0.2, 0.25) is 0 Å². The molecule has 0 unspecified atom stereocenters. The molecule has 2 aromatic carbocycles. The second kappa shape index (κ2) is 11.9. The molecular weight excluding hydrogens is 470 g/mol. The molecule has 7 nitrogen and oxygen atoms in total. The van der Waals surface area contributed by atoms with Crippen molar-refractivity contribution >= 4 is 38.9 Å². The Balaban J connectivity index is 1.45. The van der Waals surface area contributed by atoms with Crippen LogP contribution in [0.5, 0.6) is 0 Å². The minimum Gasteiger partial charge on any atom is -0.351 e. The van der Waals surface area contributed by atoms with Gasteiger partial charge in [-0.1, -0.05) is 24.3 Å². The summed E-state index contributed by atoms with van der Waals surface area (Å²) in [5, 5.41) is 7.55. The van der Waals surface area contributed by atoms with Crippen molar-refractivity contribution in [3.63, 3.8) is 0 Å². The predicted molar refractivity (Wildman–Crippen MR) is 136 cm³/mol. The quantitative estimate of drug-likeness (QED) is 0.347. The monoisotopic (exact) mass is 499 g/mol. The Kier molecular flexibility index (Phi) is 8.98. The highest BCUT2D eigenvalue weighted by atomic mass is 32.2. The van der Waals surface area contributed by atoms with Gasteiger partial charge >= 0.3 is 0 Å². The molecule has 2 amide bonds. The molecule has 9 heteroatoms. The molecule has 0 aliphatic heterocycles. The summed E-state index contributed by atoms with van der Waals surface area (Å²) in [6.45, 7) is 3.76. The lowest BCUT2D eigenvalue weighted by molar-refractivity contribution is -0.116. The number of thiophene rings is 1. The van der Waals surface area contributed by atoms with E-state index in [9.17, 15) is 18.0 Å². The predicted octanol–water partition coefficient (Wildman–Crippen LogP) is 4.03. The van der Waals surface area contributed by atoms with Gasteiger partial charge in [0.05, 0.1) is 4.90 Å². The Morgan fingerprint density at radius 3 is 2.56 bits per heavy atom. The van der Waals surface area contributed by atoms with Crippen LogP contribution in [0.3, 0.4) is 0 Å². The number of carbonyl (C=O) groups is 2. The second-order valence-corrected chi connectivity index (χ2v) is 10.8. The van der Waals surface area contributed by atoms with Crippen molar-refractivity contribution in [1.82, 2.24) is 10.0 Å². The Morgan fingerprint density at radius 2 is 1.79 bits per heavy atom. The lowest BCUT2D eigenvalue weighted by Crippen LogP contribution is -2.35. The molecule has 0 saturated carbocycles. The number of rotatable bonds is 11. The largest absolute Gasteiger partial charge is 0.351 e. The number of nitrogens with one attached hydrogen (secondary N) is 3. The number of sulfonamides is 1. The first kappa shape index (κ1) is 25.6. The molecule has 0 aliphatic rings. The lowest BCUT2D eigenvalue weighted by Gasteiger charge is -2.11. The molecule has 3 rings (SSSR count). The third kappa shape index (κ3) is 7.51. The van der Waals surface area contributed by atoms with Gasteiger partial charge in [0, 0.05) is 35.6 Å². The first-order valence-electron chi connectivity index (χ1n) is 11.0. The SMILES string of the molecule is Cc1ccc(C)c(S(=O)(=O)NCCNC(=O)c2cccc(NC(=O)CCCc3cccs3)c2)c1. The van der Waals surface area contributed by atoms with Crippen molar-refractivity contribution in [2.24, 2.45) is 0 Å². The summed E-state index contributed by atoms with van der Waals surface area (Å²) in [5.41, 5.74) is 2.44. The Bertz CT molecular complexity index is 1240. The minimum atomic E-state index is -3.67. The number of benzene rings is 2. The molecule has 180 valence electrons. The average Bonchev–Trinajstić information content (AvgIpc) is 3.32. The molecule has 0 aliphatic carbocycles. The van der Waals surface area contributed by atoms with Gasteiger partial charge in [-0.2, -0.15) is 0 Å². The fourth-order valence-electron chi connectivity index (χ4n) is 3.38. The third-order valence-corrected chi connectivity index (χ3v) is 7.69. The van der Waals surface area contributed by atoms with Gasteiger partial charge in [-0.3, -0.25) is 9.59 Å². The molecular formula is C25H29N3O4S2. The van der Waals surface area contributed by atoms with E-state index in [-0.39, 0.29) is 29.8 Å². The zero-order valence-corrected chi connectivity index (χ0v) is 20.9. The maximum Gasteiger partial charge on any atom is 0.251 e. The summed E-state index contributed by atoms with van der Waals surface area (Å²) in [4.78, 5) is 26.2. The molecule has 1 aromatic heterocycles. The number of amides is 2. The topological polar surface area (TPSA) is 104 Å². The molecule has 0 radical (unpaired) electrons. The average molecular weight is 500 g/mol. The van der Waals surface area contributed by atoms with E-state index in [1.807, 2.05) is 24.4 Å². The van der Waals surface area contributed by atoms with Gasteiger partial charge in [0.1, 0.15) is 0 Å². The van der Waals surface area contributed by atoms with Crippen LogP contribution in [-0.2, 0) is 21.2 Å². The molecule has 0 fully saturated rings. The zero-order chi connectivity index (χ0) is 24.6. The van der Waals surface area contributed by atoms with Crippen LogP contribution >= 0.6 is 11.3 Å². The van der Waals surface area contributed by atoms with Crippen LogP contribution in [0, 0.1) is 13.8 Å². The van der Waals surface area contributed by atoms with Crippen molar-refractivity contribution in [1.29, 1.82) is 0 Å². The number of aryl methyl sites for hydroxylation is 3. The fraction of sp³-hybridized carbons (Fsp3) is 0.280. The van der Waals surface area contributed by atoms with Crippen molar-refractivity contribution in [2.45, 2.75) is 38.0 Å². The van der Waals surface area contributed by atoms with Crippen LogP contribution < -0.4 is 15.4 Å². The maximum atomic E-state index is 12.5. The van der Waals surface area contributed by atoms with Gasteiger partial charge in [-0.05, 0) is 73.5 Å². The van der Waals surface area contributed by atoms with E-state index in [4.69, 9.17) is 0 Å². The summed E-state index contributed by atoms with van der Waals surface area (Å²) >= 11 is 1.68. The summed E-state index contributed by atoms with van der Waals surface area (Å²) in [7, 11) is -3.67. The summed E-state index contributed by atoms with van der Waals surface area (Å²) in [6, 6.07) is 16.0. The Morgan fingerprint density at radius 1 is 0.971 bits per heavy atom. The van der Waals surface area contributed by atoms with E-state index in [0.717, 1.165) is 18.4 Å². The zero-order valence-electron chi connectivity index (χ0n) is 19.3. The summed E-state index contributed by atoms with van der Waals surface area (Å²) in [5.74, 6) is -0.449. The Hall–Kier alpha value is -3.01. The highest BCUT2D eigenvalue weighted by Gasteiger charge is 2.16.